The second-order valence-electron chi connectivity index (χ2n) is 10.8. The number of hydrogen-bond acceptors (Lipinski definition) is 4. The van der Waals surface area contributed by atoms with Gasteiger partial charge in [-0.05, 0) is 96.3 Å². The summed E-state index contributed by atoms with van der Waals surface area (Å²) < 4.78 is 0. The number of aromatic nitrogens is 3. The summed E-state index contributed by atoms with van der Waals surface area (Å²) in [5.41, 5.74) is 11.5. The highest BCUT2D eigenvalue weighted by atomic mass is 14.9. The van der Waals surface area contributed by atoms with Crippen LogP contribution in [0.1, 0.15) is 18.1 Å². The van der Waals surface area contributed by atoms with Gasteiger partial charge in [0.15, 0.2) is 5.82 Å². The number of pyridine rings is 3. The van der Waals surface area contributed by atoms with Gasteiger partial charge < -0.3 is 0 Å². The molecule has 0 radical (unpaired) electrons. The summed E-state index contributed by atoms with van der Waals surface area (Å²) in [6.45, 7) is 2.02. The monoisotopic (exact) mass is 566 g/mol. The van der Waals surface area contributed by atoms with E-state index in [1.54, 1.807) is 0 Å². The molecule has 44 heavy (non-hydrogen) atoms. The molecule has 4 heteroatoms. The first-order valence-electron chi connectivity index (χ1n) is 14.8. The summed E-state index contributed by atoms with van der Waals surface area (Å²) in [7, 11) is 0. The Bertz CT molecular complexity index is 2010. The van der Waals surface area contributed by atoms with Crippen molar-refractivity contribution in [2.45, 2.75) is 13.3 Å². The van der Waals surface area contributed by atoms with Crippen LogP contribution in [0.5, 0.6) is 0 Å². The third-order valence-corrected chi connectivity index (χ3v) is 7.72. The lowest BCUT2D eigenvalue weighted by molar-refractivity contribution is 1.19. The normalized spacial score (nSPS) is 15.8. The quantitative estimate of drug-likeness (QED) is 0.213. The first-order valence-corrected chi connectivity index (χ1v) is 14.8. The minimum absolute atomic E-state index is 0.762. The van der Waals surface area contributed by atoms with Crippen LogP contribution in [0.4, 0.5) is 5.82 Å². The zero-order chi connectivity index (χ0) is 29.7. The predicted octanol–water partition coefficient (Wildman–Crippen LogP) is 9.87. The Labute approximate surface area is 257 Å². The van der Waals surface area contributed by atoms with E-state index in [2.05, 4.69) is 94.9 Å². The van der Waals surface area contributed by atoms with Gasteiger partial charge in [-0.3, -0.25) is 9.97 Å². The highest BCUT2D eigenvalue weighted by molar-refractivity contribution is 5.97. The Morgan fingerprint density at radius 1 is 0.591 bits per heavy atom. The van der Waals surface area contributed by atoms with Crippen LogP contribution in [-0.4, -0.2) is 20.7 Å². The summed E-state index contributed by atoms with van der Waals surface area (Å²) in [6.07, 6.45) is 15.1. The van der Waals surface area contributed by atoms with E-state index < -0.39 is 0 Å². The number of fused-ring (bicyclic) bond motifs is 2. The van der Waals surface area contributed by atoms with Gasteiger partial charge in [-0.1, -0.05) is 78.9 Å². The summed E-state index contributed by atoms with van der Waals surface area (Å²) in [6, 6.07) is 37.7. The summed E-state index contributed by atoms with van der Waals surface area (Å²) in [5.74, 6) is 0.779. The topological polar surface area (TPSA) is 51.0 Å². The number of hydrogen-bond donors (Lipinski definition) is 0. The van der Waals surface area contributed by atoms with Crippen molar-refractivity contribution in [1.82, 2.24) is 15.0 Å². The largest absolute Gasteiger partial charge is 0.256 e. The maximum absolute atomic E-state index is 4.89. The molecule has 0 fully saturated rings. The Balaban J connectivity index is 1.22. The van der Waals surface area contributed by atoms with Crippen LogP contribution < -0.4 is 0 Å². The number of para-hydroxylation sites is 1. The van der Waals surface area contributed by atoms with Crippen molar-refractivity contribution >= 4 is 28.0 Å². The molecular formula is C40H30N4. The van der Waals surface area contributed by atoms with Crippen LogP contribution in [0, 0.1) is 0 Å². The van der Waals surface area contributed by atoms with Gasteiger partial charge in [0, 0.05) is 40.2 Å². The molecule has 0 atom stereocenters. The average molecular weight is 567 g/mol. The van der Waals surface area contributed by atoms with Crippen LogP contribution in [-0.2, 0) is 6.42 Å². The van der Waals surface area contributed by atoms with Crippen LogP contribution in [0.2, 0.25) is 0 Å². The van der Waals surface area contributed by atoms with Crippen LogP contribution in [0.3, 0.4) is 0 Å². The molecule has 3 aromatic carbocycles. The van der Waals surface area contributed by atoms with E-state index in [-0.39, 0.29) is 0 Å². The molecule has 4 heterocycles. The molecule has 0 N–H and O–H groups in total. The average Bonchev–Trinajstić information content (AvgIpc) is 3.12. The first kappa shape index (κ1) is 27.1. The Kier molecular flexibility index (Phi) is 7.54. The van der Waals surface area contributed by atoms with Gasteiger partial charge in [0.1, 0.15) is 0 Å². The fourth-order valence-corrected chi connectivity index (χ4v) is 5.44. The molecule has 0 amide bonds. The zero-order valence-corrected chi connectivity index (χ0v) is 24.4. The summed E-state index contributed by atoms with van der Waals surface area (Å²) in [4.78, 5) is 19.0. The fraction of sp³-hybridized carbons (Fsp3) is 0.0500. The van der Waals surface area contributed by atoms with Crippen LogP contribution >= 0.6 is 0 Å². The van der Waals surface area contributed by atoms with Crippen molar-refractivity contribution in [3.63, 3.8) is 0 Å². The standard InChI is InChI=1S/C40H30N4/c1-28-16-17-29(10-2-3-12-33-24-32-11-4-5-15-39(32)44-40(33)43-28)30-18-20-31(21-19-30)34-25-35(37-13-6-8-22-41-37)27-36(26-34)38-14-7-9-23-42-38/h2-11,13-27H,12H2,1H3/b3-2+,17-16-,29-10+,43-28?. The fourth-order valence-electron chi connectivity index (χ4n) is 5.44. The number of aliphatic imine (C=N–C) groups is 1. The van der Waals surface area contributed by atoms with Gasteiger partial charge in [0.05, 0.1) is 16.9 Å². The maximum Gasteiger partial charge on any atom is 0.156 e. The third-order valence-electron chi connectivity index (χ3n) is 7.72. The molecule has 6 aromatic rings. The lowest BCUT2D eigenvalue weighted by Gasteiger charge is -2.11. The van der Waals surface area contributed by atoms with Crippen molar-refractivity contribution in [3.05, 3.63) is 163 Å². The lowest BCUT2D eigenvalue weighted by atomic mass is 9.95. The van der Waals surface area contributed by atoms with E-state index in [0.717, 1.165) is 79.2 Å². The molecule has 4 nitrogen and oxygen atoms in total. The molecule has 0 saturated carbocycles. The molecule has 3 aromatic heterocycles. The van der Waals surface area contributed by atoms with Gasteiger partial charge in [0.2, 0.25) is 0 Å². The van der Waals surface area contributed by atoms with Crippen LogP contribution in [0.15, 0.2) is 157 Å². The SMILES string of the molecule is CC1=Nc2nc3ccccc3cc2C/C=C/C=C(c2ccc(-c3cc(-c4ccccn4)cc(-c4ccccn4)c3)cc2)\C=C/1. The van der Waals surface area contributed by atoms with E-state index in [9.17, 15) is 0 Å². The molecule has 0 saturated heterocycles. The van der Waals surface area contributed by atoms with Gasteiger partial charge in [-0.15, -0.1) is 0 Å². The molecule has 1 aliphatic rings. The van der Waals surface area contributed by atoms with E-state index in [0.29, 0.717) is 0 Å². The number of rotatable bonds is 4. The molecule has 0 spiro atoms. The smallest absolute Gasteiger partial charge is 0.156 e. The van der Waals surface area contributed by atoms with Crippen molar-refractivity contribution in [2.24, 2.45) is 4.99 Å². The second-order valence-corrected chi connectivity index (χ2v) is 10.8. The number of benzene rings is 3. The molecule has 1 aliphatic heterocycles. The van der Waals surface area contributed by atoms with Gasteiger partial charge in [0.25, 0.3) is 0 Å². The van der Waals surface area contributed by atoms with Gasteiger partial charge in [-0.2, -0.15) is 0 Å². The zero-order valence-electron chi connectivity index (χ0n) is 24.4. The van der Waals surface area contributed by atoms with Crippen LogP contribution in [0.25, 0.3) is 50.1 Å². The van der Waals surface area contributed by atoms with E-state index in [1.165, 1.54) is 0 Å². The van der Waals surface area contributed by atoms with Crippen molar-refractivity contribution in [2.75, 3.05) is 0 Å². The Morgan fingerprint density at radius 2 is 1.25 bits per heavy atom. The predicted molar refractivity (Wildman–Crippen MR) is 183 cm³/mol. The second kappa shape index (κ2) is 12.2. The van der Waals surface area contributed by atoms with Gasteiger partial charge >= 0.3 is 0 Å². The molecular weight excluding hydrogens is 536 g/mol. The number of allylic oxidation sites excluding steroid dienone is 6. The third kappa shape index (κ3) is 5.92. The highest BCUT2D eigenvalue weighted by Gasteiger charge is 2.10. The molecule has 7 rings (SSSR count). The molecule has 210 valence electrons. The highest BCUT2D eigenvalue weighted by Crippen LogP contribution is 2.32. The molecule has 0 unspecified atom stereocenters. The molecule has 0 bridgehead atoms. The maximum atomic E-state index is 4.89. The van der Waals surface area contributed by atoms with Gasteiger partial charge in [-0.25, -0.2) is 9.98 Å². The van der Waals surface area contributed by atoms with E-state index in [4.69, 9.17) is 9.98 Å². The Hall–Kier alpha value is -5.74. The van der Waals surface area contributed by atoms with E-state index >= 15 is 0 Å². The van der Waals surface area contributed by atoms with Crippen molar-refractivity contribution in [3.8, 4) is 33.6 Å². The minimum atomic E-state index is 0.762. The number of nitrogens with zero attached hydrogens (tertiary/aromatic N) is 4. The summed E-state index contributed by atoms with van der Waals surface area (Å²) in [5, 5.41) is 1.13. The Morgan fingerprint density at radius 3 is 1.95 bits per heavy atom. The molecule has 0 aliphatic carbocycles. The van der Waals surface area contributed by atoms with E-state index in [1.807, 2.05) is 73.9 Å². The first-order chi connectivity index (χ1) is 21.7. The summed E-state index contributed by atoms with van der Waals surface area (Å²) >= 11 is 0. The lowest BCUT2D eigenvalue weighted by Crippen LogP contribution is -1.92. The van der Waals surface area contributed by atoms with Crippen molar-refractivity contribution < 1.29 is 0 Å². The van der Waals surface area contributed by atoms with Crippen molar-refractivity contribution in [1.29, 1.82) is 0 Å². The minimum Gasteiger partial charge on any atom is -0.256 e.